The first-order chi connectivity index (χ1) is 33.9. The quantitative estimate of drug-likeness (QED) is 0.0427. The predicted molar refractivity (Wildman–Crippen MR) is 268 cm³/mol. The number of nitrogens with two attached hydrogens (primary N) is 2. The molecule has 1 fully saturated rings. The van der Waals surface area contributed by atoms with Crippen molar-refractivity contribution in [1.82, 2.24) is 15.0 Å². The molecule has 6 aromatic carbocycles. The van der Waals surface area contributed by atoms with Crippen LogP contribution < -0.4 is 37.6 Å². The van der Waals surface area contributed by atoms with Crippen molar-refractivity contribution in [3.05, 3.63) is 154 Å². The first-order valence-electron chi connectivity index (χ1n) is 22.0. The van der Waals surface area contributed by atoms with Crippen LogP contribution in [-0.2, 0) is 10.1 Å². The highest BCUT2D eigenvalue weighted by atomic mass is 32.3. The number of nitrogens with one attached hydrogen (secondary N) is 4. The molecule has 7 aromatic rings. The van der Waals surface area contributed by atoms with Gasteiger partial charge in [0.25, 0.3) is 10.1 Å². The second-order valence-corrected chi connectivity index (χ2v) is 19.8. The molecule has 1 saturated heterocycles. The van der Waals surface area contributed by atoms with Gasteiger partial charge in [0.05, 0.1) is 49.9 Å². The molecule has 0 atom stereocenters. The molecule has 0 spiro atoms. The number of aromatic nitrogens is 3. The van der Waals surface area contributed by atoms with Gasteiger partial charge < -0.3 is 51.3 Å². The molecule has 0 amide bonds. The Morgan fingerprint density at radius 2 is 0.845 bits per heavy atom. The Balaban J connectivity index is 0.973. The van der Waals surface area contributed by atoms with E-state index in [0.29, 0.717) is 41.8 Å². The lowest BCUT2D eigenvalue weighted by atomic mass is 9.82. The maximum atomic E-state index is 14.0. The average Bonchev–Trinajstić information content (AvgIpc) is 3.63. The highest BCUT2D eigenvalue weighted by molar-refractivity contribution is 8.19. The van der Waals surface area contributed by atoms with Crippen LogP contribution in [0, 0.1) is 0 Å². The Bertz CT molecular complexity index is 3540. The summed E-state index contributed by atoms with van der Waals surface area (Å²) in [6, 6.07) is 27.8. The maximum Gasteiger partial charge on any atom is 0.296 e. The van der Waals surface area contributed by atoms with Crippen LogP contribution in [0.3, 0.4) is 0 Å². The molecular weight excluding hydrogens is 953 g/mol. The van der Waals surface area contributed by atoms with Gasteiger partial charge in [0.2, 0.25) is 17.8 Å². The minimum atomic E-state index is -4.96. The van der Waals surface area contributed by atoms with E-state index in [-0.39, 0.29) is 67.8 Å². The van der Waals surface area contributed by atoms with Crippen molar-refractivity contribution < 1.29 is 45.8 Å². The zero-order valence-electron chi connectivity index (χ0n) is 37.1. The Hall–Kier alpha value is -8.25. The summed E-state index contributed by atoms with van der Waals surface area (Å²) in [6.07, 6.45) is 3.89. The van der Waals surface area contributed by atoms with Gasteiger partial charge in [0, 0.05) is 58.1 Å². The van der Waals surface area contributed by atoms with Crippen molar-refractivity contribution in [3.8, 4) is 0 Å². The highest BCUT2D eigenvalue weighted by Crippen LogP contribution is 2.52. The minimum Gasteiger partial charge on any atom is -0.397 e. The molecule has 2 aliphatic carbocycles. The van der Waals surface area contributed by atoms with Gasteiger partial charge in [-0.05, 0) is 61.4 Å². The van der Waals surface area contributed by atoms with E-state index < -0.39 is 65.3 Å². The van der Waals surface area contributed by atoms with Gasteiger partial charge in [-0.15, -0.1) is 0 Å². The smallest absolute Gasteiger partial charge is 0.296 e. The predicted octanol–water partition coefficient (Wildman–Crippen LogP) is 8.77. The monoisotopic (exact) mass is 994 g/mol. The lowest BCUT2D eigenvalue weighted by Gasteiger charge is -2.28. The fourth-order valence-corrected chi connectivity index (χ4v) is 10.4. The number of anilines is 11. The minimum absolute atomic E-state index is 0.0179. The Morgan fingerprint density at radius 1 is 0.465 bits per heavy atom. The number of hydrogen-bond acceptors (Lipinski definition) is 19. The van der Waals surface area contributed by atoms with Crippen LogP contribution in [0.1, 0.15) is 89.4 Å². The van der Waals surface area contributed by atoms with Crippen LogP contribution in [-0.4, -0.2) is 77.8 Å². The zero-order valence-corrected chi connectivity index (χ0v) is 38.8. The SMILES string of the molecule is Nc1c(S(O)(O)O)cc(Nc2cccc(Nc3nc(Nc4cccc(Nc5cc(S(=O)(=O)O)c(N)c6c5C(=O)c5ccccc5C6=O)c4)nc(N4CCCCCC4)n3)c2)c2c1C(=O)c1ccccc1C2=O. The van der Waals surface area contributed by atoms with Crippen molar-refractivity contribution in [1.29, 1.82) is 0 Å². The fraction of sp³-hybridized carbons (Fsp3) is 0.122. The molecule has 360 valence electrons. The Kier molecular flexibility index (Phi) is 11.7. The van der Waals surface area contributed by atoms with Crippen molar-refractivity contribution in [3.63, 3.8) is 0 Å². The molecule has 71 heavy (non-hydrogen) atoms. The number of ketones is 4. The van der Waals surface area contributed by atoms with Crippen molar-refractivity contribution >= 4 is 107 Å². The molecule has 3 aliphatic rings. The highest BCUT2D eigenvalue weighted by Gasteiger charge is 2.38. The van der Waals surface area contributed by atoms with Crippen LogP contribution in [0.25, 0.3) is 0 Å². The van der Waals surface area contributed by atoms with Gasteiger partial charge in [0.1, 0.15) is 15.8 Å². The van der Waals surface area contributed by atoms with Gasteiger partial charge >= 0.3 is 0 Å². The first-order valence-corrected chi connectivity index (χ1v) is 25.0. The lowest BCUT2D eigenvalue weighted by molar-refractivity contribution is 0.0980. The molecule has 0 bridgehead atoms. The number of nitrogen functional groups attached to an aromatic ring is 2. The summed E-state index contributed by atoms with van der Waals surface area (Å²) in [5, 5.41) is 12.6. The maximum absolute atomic E-state index is 14.0. The number of nitrogens with zero attached hydrogens (tertiary/aromatic N) is 4. The third-order valence-corrected chi connectivity index (χ3v) is 14.1. The summed E-state index contributed by atoms with van der Waals surface area (Å²) >= 11 is 0. The van der Waals surface area contributed by atoms with E-state index in [2.05, 4.69) is 31.2 Å². The van der Waals surface area contributed by atoms with Gasteiger partial charge in [-0.2, -0.15) is 23.4 Å². The second-order valence-electron chi connectivity index (χ2n) is 16.9. The van der Waals surface area contributed by atoms with E-state index >= 15 is 0 Å². The van der Waals surface area contributed by atoms with Crippen LogP contribution in [0.15, 0.2) is 119 Å². The topological polar surface area (TPSA) is 325 Å². The van der Waals surface area contributed by atoms with Gasteiger partial charge in [-0.1, -0.05) is 73.5 Å². The second kappa shape index (κ2) is 17.9. The third kappa shape index (κ3) is 8.75. The van der Waals surface area contributed by atoms with E-state index in [1.54, 1.807) is 72.8 Å². The van der Waals surface area contributed by atoms with E-state index in [4.69, 9.17) is 21.4 Å². The fourth-order valence-electron chi connectivity index (χ4n) is 9.03. The number of carbonyl (C=O) groups is 4. The molecule has 0 radical (unpaired) electrons. The molecule has 1 aliphatic heterocycles. The third-order valence-electron chi connectivity index (χ3n) is 12.3. The average molecular weight is 995 g/mol. The number of benzene rings is 6. The number of rotatable bonds is 11. The van der Waals surface area contributed by atoms with Crippen LogP contribution in [0.4, 0.5) is 63.3 Å². The Labute approximate surface area is 406 Å². The summed E-state index contributed by atoms with van der Waals surface area (Å²) in [7, 11) is -9.43. The van der Waals surface area contributed by atoms with E-state index in [1.807, 2.05) is 0 Å². The number of hydrogen-bond donors (Lipinski definition) is 10. The molecule has 0 saturated carbocycles. The zero-order chi connectivity index (χ0) is 49.9. The van der Waals surface area contributed by atoms with Crippen molar-refractivity contribution in [2.45, 2.75) is 35.5 Å². The standard InChI is InChI=1S/C49H42N10O10S2/c50-41-35(70(64,65)66)23-33(37-39(41)45(62)31-17-5-3-15-29(31)43(37)60)52-25-11-9-13-27(21-25)54-47-56-48(58-49(57-47)59-19-7-1-2-8-20-59)55-28-14-10-12-26(22-28)53-34-24-36(71(67,68)69)42(51)40-38(34)44(61)30-16-4-6-18-32(30)46(40)63/h3-6,9-18,21-24,52-53,64-66H,1-2,7-8,19-20,50-51H2,(H,67,68,69)(H2,54,55,56,57,58). The van der Waals surface area contributed by atoms with E-state index in [1.165, 1.54) is 24.3 Å². The molecule has 20 nitrogen and oxygen atoms in total. The van der Waals surface area contributed by atoms with Crippen LogP contribution in [0.5, 0.6) is 0 Å². The molecule has 2 heterocycles. The summed E-state index contributed by atoms with van der Waals surface area (Å²) in [5.74, 6) is -1.81. The number of carbonyl (C=O) groups excluding carboxylic acids is 4. The summed E-state index contributed by atoms with van der Waals surface area (Å²) in [5.41, 5.74) is 12.4. The van der Waals surface area contributed by atoms with Crippen molar-refractivity contribution in [2.75, 3.05) is 50.7 Å². The van der Waals surface area contributed by atoms with Crippen molar-refractivity contribution in [2.24, 2.45) is 0 Å². The van der Waals surface area contributed by atoms with E-state index in [9.17, 15) is 45.8 Å². The summed E-state index contributed by atoms with van der Waals surface area (Å²) in [6.45, 7) is 1.37. The van der Waals surface area contributed by atoms with E-state index in [0.717, 1.165) is 37.8 Å². The lowest BCUT2D eigenvalue weighted by Crippen LogP contribution is -2.26. The number of fused-ring (bicyclic) bond motifs is 4. The molecule has 0 unspecified atom stereocenters. The normalized spacial score (nSPS) is 14.7. The molecule has 12 N–H and O–H groups in total. The molecule has 1 aromatic heterocycles. The molecule has 10 rings (SSSR count). The van der Waals surface area contributed by atoms with Crippen LogP contribution in [0.2, 0.25) is 0 Å². The first kappa shape index (κ1) is 46.5. The van der Waals surface area contributed by atoms with Gasteiger partial charge in [-0.25, -0.2) is 0 Å². The van der Waals surface area contributed by atoms with Gasteiger partial charge in [0.15, 0.2) is 23.1 Å². The van der Waals surface area contributed by atoms with Crippen LogP contribution >= 0.6 is 10.9 Å². The molecular formula is C49H42N10O10S2. The molecule has 22 heteroatoms. The Morgan fingerprint density at radius 3 is 1.25 bits per heavy atom. The van der Waals surface area contributed by atoms with Gasteiger partial charge in [-0.3, -0.25) is 23.7 Å². The largest absolute Gasteiger partial charge is 0.397 e. The summed E-state index contributed by atoms with van der Waals surface area (Å²) in [4.78, 5) is 70.4. The summed E-state index contributed by atoms with van der Waals surface area (Å²) < 4.78 is 66.3.